The molecule has 352 valence electrons. The first-order chi connectivity index (χ1) is 29.2. The van der Waals surface area contributed by atoms with E-state index in [-0.39, 0.29) is 19.4 Å². The fourth-order valence-corrected chi connectivity index (χ4v) is 7.50. The highest BCUT2D eigenvalue weighted by Gasteiger charge is 2.27. The van der Waals surface area contributed by atoms with Gasteiger partial charge >= 0.3 is 19.8 Å². The molecule has 1 unspecified atom stereocenters. The van der Waals surface area contributed by atoms with Gasteiger partial charge in [-0.2, -0.15) is 0 Å². The number of carbonyl (C=O) groups is 2. The van der Waals surface area contributed by atoms with E-state index in [0.29, 0.717) is 19.3 Å². The molecule has 0 aromatic carbocycles. The van der Waals surface area contributed by atoms with Crippen LogP contribution < -0.4 is 0 Å². The first-order valence-corrected chi connectivity index (χ1v) is 25.9. The highest BCUT2D eigenvalue weighted by Crippen LogP contribution is 2.43. The molecule has 0 saturated heterocycles. The number of allylic oxidation sites excluding steroid dienone is 6. The Morgan fingerprint density at radius 1 is 0.483 bits per heavy atom. The lowest BCUT2D eigenvalue weighted by Crippen LogP contribution is -2.29. The van der Waals surface area contributed by atoms with E-state index < -0.39 is 51.8 Å². The fourth-order valence-electron chi connectivity index (χ4n) is 6.71. The van der Waals surface area contributed by atoms with E-state index in [1.807, 2.05) is 0 Å². The number of aliphatic hydroxyl groups excluding tert-OH is 2. The molecule has 0 heterocycles. The van der Waals surface area contributed by atoms with Gasteiger partial charge in [0.2, 0.25) is 0 Å². The first-order valence-electron chi connectivity index (χ1n) is 24.4. The molecule has 0 saturated carbocycles. The van der Waals surface area contributed by atoms with Crippen molar-refractivity contribution in [3.8, 4) is 0 Å². The molecule has 0 aliphatic heterocycles. The quantitative estimate of drug-likeness (QED) is 0.0234. The third-order valence-electron chi connectivity index (χ3n) is 10.5. The lowest BCUT2D eigenvalue weighted by atomic mass is 10.0. The number of hydrogen-bond donors (Lipinski definition) is 3. The minimum absolute atomic E-state index is 0.124. The maximum Gasteiger partial charge on any atom is 0.472 e. The fraction of sp³-hybridized carbons (Fsp3) is 0.837. The van der Waals surface area contributed by atoms with Gasteiger partial charge in [0.15, 0.2) is 6.10 Å². The Kier molecular flexibility index (Phi) is 43.9. The summed E-state index contributed by atoms with van der Waals surface area (Å²) in [5.74, 6) is -0.979. The Balaban J connectivity index is 4.24. The van der Waals surface area contributed by atoms with Gasteiger partial charge in [-0.3, -0.25) is 18.6 Å². The molecule has 0 spiro atoms. The molecule has 0 radical (unpaired) electrons. The number of rotatable bonds is 46. The monoisotopic (exact) mass is 871 g/mol. The van der Waals surface area contributed by atoms with Gasteiger partial charge in [0.05, 0.1) is 19.8 Å². The predicted octanol–water partition coefficient (Wildman–Crippen LogP) is 13.5. The van der Waals surface area contributed by atoms with Gasteiger partial charge in [-0.15, -0.1) is 0 Å². The minimum atomic E-state index is -4.63. The first kappa shape index (κ1) is 58.2. The van der Waals surface area contributed by atoms with Crippen molar-refractivity contribution in [3.63, 3.8) is 0 Å². The average Bonchev–Trinajstić information content (AvgIpc) is 3.24. The van der Waals surface area contributed by atoms with Gasteiger partial charge in [0, 0.05) is 12.8 Å². The summed E-state index contributed by atoms with van der Waals surface area (Å²) in [6.07, 6.45) is 48.4. The van der Waals surface area contributed by atoms with Gasteiger partial charge in [0.25, 0.3) is 0 Å². The highest BCUT2D eigenvalue weighted by atomic mass is 31.2. The van der Waals surface area contributed by atoms with Crippen molar-refractivity contribution in [3.05, 3.63) is 36.5 Å². The lowest BCUT2D eigenvalue weighted by Gasteiger charge is -2.20. The van der Waals surface area contributed by atoms with Crippen LogP contribution in [0, 0.1) is 0 Å². The molecule has 3 N–H and O–H groups in total. The molecule has 0 fully saturated rings. The summed E-state index contributed by atoms with van der Waals surface area (Å²) in [7, 11) is -4.63. The molecule has 10 nitrogen and oxygen atoms in total. The third-order valence-corrected chi connectivity index (χ3v) is 11.4. The highest BCUT2D eigenvalue weighted by molar-refractivity contribution is 7.47. The molecule has 0 aliphatic rings. The maximum atomic E-state index is 12.6. The smallest absolute Gasteiger partial charge is 0.462 e. The number of aliphatic hydroxyl groups is 2. The Labute approximate surface area is 367 Å². The van der Waals surface area contributed by atoms with Gasteiger partial charge in [0.1, 0.15) is 12.7 Å². The van der Waals surface area contributed by atoms with Crippen LogP contribution in [0.15, 0.2) is 36.5 Å². The van der Waals surface area contributed by atoms with Crippen LogP contribution in [0.4, 0.5) is 0 Å². The van der Waals surface area contributed by atoms with Crippen LogP contribution in [-0.2, 0) is 32.7 Å². The number of ether oxygens (including phenoxy) is 2. The zero-order chi connectivity index (χ0) is 44.0. The van der Waals surface area contributed by atoms with E-state index in [9.17, 15) is 24.2 Å². The largest absolute Gasteiger partial charge is 0.472 e. The normalized spacial score (nSPS) is 14.0. The van der Waals surface area contributed by atoms with Crippen LogP contribution in [-0.4, -0.2) is 65.7 Å². The van der Waals surface area contributed by atoms with Crippen LogP contribution in [0.5, 0.6) is 0 Å². The van der Waals surface area contributed by atoms with Crippen molar-refractivity contribution >= 4 is 19.8 Å². The van der Waals surface area contributed by atoms with Gasteiger partial charge in [-0.1, -0.05) is 179 Å². The summed E-state index contributed by atoms with van der Waals surface area (Å²) >= 11 is 0. The molecule has 3 atom stereocenters. The number of carbonyl (C=O) groups excluding carboxylic acids is 2. The van der Waals surface area contributed by atoms with Crippen LogP contribution in [0.3, 0.4) is 0 Å². The van der Waals surface area contributed by atoms with E-state index in [2.05, 4.69) is 50.3 Å². The minimum Gasteiger partial charge on any atom is -0.462 e. The molecular weight excluding hydrogens is 780 g/mol. The number of unbranched alkanes of at least 4 members (excludes halogenated alkanes) is 26. The second kappa shape index (κ2) is 45.2. The molecule has 60 heavy (non-hydrogen) atoms. The van der Waals surface area contributed by atoms with Crippen LogP contribution >= 0.6 is 7.82 Å². The van der Waals surface area contributed by atoms with Gasteiger partial charge in [-0.05, 0) is 70.6 Å². The Hall–Kier alpha value is -1.81. The third kappa shape index (κ3) is 44.3. The van der Waals surface area contributed by atoms with E-state index in [0.717, 1.165) is 57.8 Å². The summed E-state index contributed by atoms with van der Waals surface area (Å²) < 4.78 is 32.7. The second-order valence-electron chi connectivity index (χ2n) is 16.5. The number of phosphoric acid groups is 1. The summed E-state index contributed by atoms with van der Waals surface area (Å²) in [6.45, 7) is 2.35. The molecule has 0 aromatic heterocycles. The second-order valence-corrected chi connectivity index (χ2v) is 17.9. The summed E-state index contributed by atoms with van der Waals surface area (Å²) in [6, 6.07) is 0. The van der Waals surface area contributed by atoms with Crippen molar-refractivity contribution in [2.75, 3.05) is 26.4 Å². The zero-order valence-electron chi connectivity index (χ0n) is 38.4. The average molecular weight is 871 g/mol. The van der Waals surface area contributed by atoms with E-state index >= 15 is 0 Å². The Morgan fingerprint density at radius 2 is 0.850 bits per heavy atom. The number of esters is 2. The van der Waals surface area contributed by atoms with E-state index in [4.69, 9.17) is 23.6 Å². The molecule has 0 amide bonds. The van der Waals surface area contributed by atoms with E-state index in [1.54, 1.807) is 0 Å². The molecule has 0 aliphatic carbocycles. The van der Waals surface area contributed by atoms with Gasteiger partial charge < -0.3 is 24.6 Å². The number of phosphoric ester groups is 1. The molecule has 0 rings (SSSR count). The van der Waals surface area contributed by atoms with Crippen molar-refractivity contribution < 1.29 is 47.8 Å². The maximum absolute atomic E-state index is 12.6. The van der Waals surface area contributed by atoms with Crippen LogP contribution in [0.2, 0.25) is 0 Å². The van der Waals surface area contributed by atoms with Crippen LogP contribution in [0.1, 0.15) is 226 Å². The van der Waals surface area contributed by atoms with Crippen molar-refractivity contribution in [1.82, 2.24) is 0 Å². The van der Waals surface area contributed by atoms with Crippen molar-refractivity contribution in [1.29, 1.82) is 0 Å². The van der Waals surface area contributed by atoms with E-state index in [1.165, 1.54) is 122 Å². The molecular formula is C49H91O10P. The molecule has 0 aromatic rings. The summed E-state index contributed by atoms with van der Waals surface area (Å²) in [5, 5.41) is 18.4. The van der Waals surface area contributed by atoms with Crippen molar-refractivity contribution in [2.24, 2.45) is 0 Å². The molecule has 0 bridgehead atoms. The summed E-state index contributed by atoms with van der Waals surface area (Å²) in [5.41, 5.74) is 0. The zero-order valence-corrected chi connectivity index (χ0v) is 39.3. The standard InChI is InChI=1S/C49H91O10P/c1-3-5-7-9-11-13-15-17-19-20-21-22-23-24-25-26-27-29-31-33-35-37-39-41-49(53)59-47(45-58-60(54,55)57-43-46(51)42-50)44-56-48(52)40-38-36-34-32-30-28-18-16-14-12-10-8-6-4-2/h16,18,26-27,33,35,46-47,50-51H,3-15,17,19-25,28-32,34,36-45H2,1-2H3,(H,54,55)/b18-16+,27-26+,35-33+/t46-,47+/m0/s1. The SMILES string of the molecule is CCCCCCC/C=C/CCCCCCCC(=O)OC[C@H](COP(=O)(O)OC[C@@H](O)CO)OC(=O)CCC/C=C/CC/C=C/CCCCCCCCCCCCCCCC. The van der Waals surface area contributed by atoms with Crippen LogP contribution in [0.25, 0.3) is 0 Å². The number of hydrogen-bond acceptors (Lipinski definition) is 9. The summed E-state index contributed by atoms with van der Waals surface area (Å²) in [4.78, 5) is 35.0. The van der Waals surface area contributed by atoms with Crippen molar-refractivity contribution in [2.45, 2.75) is 238 Å². The lowest BCUT2D eigenvalue weighted by molar-refractivity contribution is -0.161. The van der Waals surface area contributed by atoms with Gasteiger partial charge in [-0.25, -0.2) is 4.57 Å². The Morgan fingerprint density at radius 3 is 1.30 bits per heavy atom. The molecule has 11 heteroatoms. The topological polar surface area (TPSA) is 149 Å². The Bertz CT molecular complexity index is 1090. The predicted molar refractivity (Wildman–Crippen MR) is 247 cm³/mol.